The van der Waals surface area contributed by atoms with Crippen molar-refractivity contribution in [2.75, 3.05) is 5.32 Å². The van der Waals surface area contributed by atoms with Gasteiger partial charge in [0.2, 0.25) is 5.91 Å². The molecule has 4 heteroatoms. The Bertz CT molecular complexity index is 350. The summed E-state index contributed by atoms with van der Waals surface area (Å²) >= 11 is 0. The highest BCUT2D eigenvalue weighted by Gasteiger charge is 2.09. The van der Waals surface area contributed by atoms with Crippen molar-refractivity contribution >= 4 is 11.6 Å². The van der Waals surface area contributed by atoms with E-state index in [-0.39, 0.29) is 22.9 Å². The summed E-state index contributed by atoms with van der Waals surface area (Å²) in [5, 5.41) is 11.4. The molecule has 0 saturated heterocycles. The molecule has 0 aromatic heterocycles. The maximum absolute atomic E-state index is 13.2. The van der Waals surface area contributed by atoms with E-state index in [2.05, 4.69) is 5.32 Å². The van der Waals surface area contributed by atoms with Crippen LogP contribution in [0.2, 0.25) is 0 Å². The molecule has 0 fully saturated rings. The van der Waals surface area contributed by atoms with Gasteiger partial charge in [0.15, 0.2) is 5.82 Å². The lowest BCUT2D eigenvalue weighted by Crippen LogP contribution is -2.07. The van der Waals surface area contributed by atoms with Crippen LogP contribution in [0.5, 0.6) is 5.75 Å². The molecule has 0 spiro atoms. The molecule has 2 N–H and O–H groups in total. The van der Waals surface area contributed by atoms with Gasteiger partial charge in [-0.3, -0.25) is 4.79 Å². The van der Waals surface area contributed by atoms with Gasteiger partial charge in [0.25, 0.3) is 0 Å². The zero-order valence-electron chi connectivity index (χ0n) is 7.39. The Morgan fingerprint density at radius 3 is 2.69 bits per heavy atom. The highest BCUT2D eigenvalue weighted by molar-refractivity contribution is 5.89. The van der Waals surface area contributed by atoms with Gasteiger partial charge in [0.05, 0.1) is 5.69 Å². The Morgan fingerprint density at radius 1 is 1.54 bits per heavy atom. The van der Waals surface area contributed by atoms with Gasteiger partial charge in [-0.25, -0.2) is 4.39 Å². The molecule has 1 rings (SSSR count). The molecule has 1 aromatic carbocycles. The van der Waals surface area contributed by atoms with Gasteiger partial charge in [-0.1, -0.05) is 0 Å². The van der Waals surface area contributed by atoms with Crippen molar-refractivity contribution in [2.24, 2.45) is 0 Å². The number of aromatic hydroxyl groups is 1. The average molecular weight is 183 g/mol. The van der Waals surface area contributed by atoms with E-state index in [1.54, 1.807) is 0 Å². The van der Waals surface area contributed by atoms with E-state index in [0.717, 1.165) is 0 Å². The first kappa shape index (κ1) is 9.51. The maximum Gasteiger partial charge on any atom is 0.221 e. The number of hydrogen-bond donors (Lipinski definition) is 2. The number of carbonyl (C=O) groups is 1. The van der Waals surface area contributed by atoms with Crippen molar-refractivity contribution in [2.45, 2.75) is 13.8 Å². The van der Waals surface area contributed by atoms with Crippen LogP contribution in [0.3, 0.4) is 0 Å². The Kier molecular flexibility index (Phi) is 2.51. The molecule has 0 radical (unpaired) electrons. The molecule has 0 saturated carbocycles. The number of halogens is 1. The summed E-state index contributed by atoms with van der Waals surface area (Å²) in [7, 11) is 0. The molecule has 13 heavy (non-hydrogen) atoms. The maximum atomic E-state index is 13.2. The lowest BCUT2D eigenvalue weighted by molar-refractivity contribution is -0.114. The number of amides is 1. The number of phenolic OH excluding ortho intramolecular Hbond substituents is 1. The predicted octanol–water partition coefficient (Wildman–Crippen LogP) is 1.80. The average Bonchev–Trinajstić information content (AvgIpc) is 2.06. The van der Waals surface area contributed by atoms with Crippen molar-refractivity contribution in [1.29, 1.82) is 0 Å². The van der Waals surface area contributed by atoms with E-state index >= 15 is 0 Å². The monoisotopic (exact) mass is 183 g/mol. The van der Waals surface area contributed by atoms with Gasteiger partial charge in [0.1, 0.15) is 5.75 Å². The fourth-order valence-electron chi connectivity index (χ4n) is 0.961. The number of benzene rings is 1. The van der Waals surface area contributed by atoms with Crippen LogP contribution in [0.1, 0.15) is 12.5 Å². The lowest BCUT2D eigenvalue weighted by Gasteiger charge is -2.06. The molecule has 0 aliphatic heterocycles. The Morgan fingerprint density at radius 2 is 2.15 bits per heavy atom. The van der Waals surface area contributed by atoms with Crippen LogP contribution in [-0.4, -0.2) is 11.0 Å². The topological polar surface area (TPSA) is 49.3 Å². The molecule has 1 aromatic rings. The largest absolute Gasteiger partial charge is 0.508 e. The number of anilines is 1. The number of phenols is 1. The minimum atomic E-state index is -0.602. The summed E-state index contributed by atoms with van der Waals surface area (Å²) < 4.78 is 13.2. The number of nitrogens with one attached hydrogen (secondary N) is 1. The number of carbonyl (C=O) groups excluding carboxylic acids is 1. The highest BCUT2D eigenvalue weighted by atomic mass is 19.1. The third kappa shape index (κ3) is 1.96. The lowest BCUT2D eigenvalue weighted by atomic mass is 10.2. The second kappa shape index (κ2) is 3.43. The zero-order chi connectivity index (χ0) is 10.0. The van der Waals surface area contributed by atoms with Crippen molar-refractivity contribution < 1.29 is 14.3 Å². The van der Waals surface area contributed by atoms with Crippen LogP contribution in [-0.2, 0) is 4.79 Å². The van der Waals surface area contributed by atoms with Crippen LogP contribution >= 0.6 is 0 Å². The molecule has 3 nitrogen and oxygen atoms in total. The summed E-state index contributed by atoms with van der Waals surface area (Å²) in [5.41, 5.74) is 0.217. The van der Waals surface area contributed by atoms with E-state index in [4.69, 9.17) is 5.11 Å². The van der Waals surface area contributed by atoms with Crippen molar-refractivity contribution in [3.63, 3.8) is 0 Å². The van der Waals surface area contributed by atoms with Gasteiger partial charge in [-0.05, 0) is 19.1 Å². The normalized spacial score (nSPS) is 9.77. The fraction of sp³-hybridized carbons (Fsp3) is 0.222. The first-order valence-corrected chi connectivity index (χ1v) is 3.78. The molecule has 0 bridgehead atoms. The summed E-state index contributed by atoms with van der Waals surface area (Å²) in [6.45, 7) is 2.73. The standard InChI is InChI=1S/C9H10FNO2/c1-5-8(13)4-3-7(9(5)10)11-6(2)12/h3-4,13H,1-2H3,(H,11,12). The van der Waals surface area contributed by atoms with Crippen molar-refractivity contribution in [1.82, 2.24) is 0 Å². The van der Waals surface area contributed by atoms with E-state index in [9.17, 15) is 9.18 Å². The minimum absolute atomic E-state index is 0.0859. The first-order chi connectivity index (χ1) is 6.02. The Hall–Kier alpha value is -1.58. The van der Waals surface area contributed by atoms with Crippen molar-refractivity contribution in [3.05, 3.63) is 23.5 Å². The van der Waals surface area contributed by atoms with Crippen LogP contribution < -0.4 is 5.32 Å². The van der Waals surface area contributed by atoms with Gasteiger partial charge >= 0.3 is 0 Å². The Labute approximate surface area is 75.2 Å². The molecule has 0 aliphatic carbocycles. The molecule has 0 unspecified atom stereocenters. The van der Waals surface area contributed by atoms with Crippen molar-refractivity contribution in [3.8, 4) is 5.75 Å². The van der Waals surface area contributed by atoms with Gasteiger partial charge < -0.3 is 10.4 Å². The molecule has 70 valence electrons. The SMILES string of the molecule is CC(=O)Nc1ccc(O)c(C)c1F. The van der Waals surface area contributed by atoms with E-state index in [1.807, 2.05) is 0 Å². The summed E-state index contributed by atoms with van der Waals surface area (Å²) in [6, 6.07) is 2.66. The summed E-state index contributed by atoms with van der Waals surface area (Å²) in [5.74, 6) is -1.06. The molecule has 1 amide bonds. The fourth-order valence-corrected chi connectivity index (χ4v) is 0.961. The minimum Gasteiger partial charge on any atom is -0.508 e. The van der Waals surface area contributed by atoms with E-state index < -0.39 is 5.82 Å². The number of rotatable bonds is 1. The smallest absolute Gasteiger partial charge is 0.221 e. The Balaban J connectivity index is 3.10. The second-order valence-electron chi connectivity index (χ2n) is 2.75. The second-order valence-corrected chi connectivity index (χ2v) is 2.75. The summed E-state index contributed by atoms with van der Waals surface area (Å²) in [6.07, 6.45) is 0. The van der Waals surface area contributed by atoms with Gasteiger partial charge in [-0.2, -0.15) is 0 Å². The zero-order valence-corrected chi connectivity index (χ0v) is 7.39. The molecule has 0 aliphatic rings. The quantitative estimate of drug-likeness (QED) is 0.652. The third-order valence-electron chi connectivity index (χ3n) is 1.67. The van der Waals surface area contributed by atoms with Gasteiger partial charge in [-0.15, -0.1) is 0 Å². The van der Waals surface area contributed by atoms with Crippen LogP contribution in [0.4, 0.5) is 10.1 Å². The van der Waals surface area contributed by atoms with E-state index in [1.165, 1.54) is 26.0 Å². The molecule has 0 heterocycles. The van der Waals surface area contributed by atoms with E-state index in [0.29, 0.717) is 0 Å². The predicted molar refractivity (Wildman–Crippen MR) is 47.1 cm³/mol. The third-order valence-corrected chi connectivity index (χ3v) is 1.67. The first-order valence-electron chi connectivity index (χ1n) is 3.78. The van der Waals surface area contributed by atoms with Crippen LogP contribution in [0, 0.1) is 12.7 Å². The molecule has 0 atom stereocenters. The van der Waals surface area contributed by atoms with Crippen LogP contribution in [0.25, 0.3) is 0 Å². The summed E-state index contributed by atoms with van der Waals surface area (Å²) in [4.78, 5) is 10.6. The number of hydrogen-bond acceptors (Lipinski definition) is 2. The highest BCUT2D eigenvalue weighted by Crippen LogP contribution is 2.25. The van der Waals surface area contributed by atoms with Crippen LogP contribution in [0.15, 0.2) is 12.1 Å². The molecular formula is C9H10FNO2. The van der Waals surface area contributed by atoms with Gasteiger partial charge in [0, 0.05) is 12.5 Å². The molecular weight excluding hydrogens is 173 g/mol.